The maximum atomic E-state index is 12.0. The molecule has 0 saturated heterocycles. The van der Waals surface area contributed by atoms with E-state index in [1.54, 1.807) is 0 Å². The van der Waals surface area contributed by atoms with Crippen LogP contribution in [0.4, 0.5) is 0 Å². The van der Waals surface area contributed by atoms with Gasteiger partial charge < -0.3 is 14.9 Å². The maximum absolute atomic E-state index is 12.0. The Balaban J connectivity index is 2.87. The minimum atomic E-state index is -1.29. The number of aromatic carboxylic acids is 1. The summed E-state index contributed by atoms with van der Waals surface area (Å²) >= 11 is 5.02. The molecule has 0 aliphatic carbocycles. The molecule has 0 unspecified atom stereocenters. The lowest BCUT2D eigenvalue weighted by molar-refractivity contribution is -0.255. The molecule has 0 atom stereocenters. The number of H-pyrrole nitrogens is 1. The van der Waals surface area contributed by atoms with Crippen molar-refractivity contribution in [2.75, 3.05) is 0 Å². The fraction of sp³-hybridized carbons (Fsp3) is 0.182. The molecule has 2 rings (SSSR count). The highest BCUT2D eigenvalue weighted by Crippen LogP contribution is 2.10. The van der Waals surface area contributed by atoms with Crippen molar-refractivity contribution < 1.29 is 9.90 Å². The summed E-state index contributed by atoms with van der Waals surface area (Å²) in [6.45, 7) is 2.28. The van der Waals surface area contributed by atoms with Crippen LogP contribution in [0.2, 0.25) is 0 Å². The highest BCUT2D eigenvalue weighted by atomic mass is 32.1. The van der Waals surface area contributed by atoms with E-state index in [2.05, 4.69) is 4.98 Å². The summed E-state index contributed by atoms with van der Waals surface area (Å²) in [6.07, 6.45) is 0. The van der Waals surface area contributed by atoms with Gasteiger partial charge in [0.15, 0.2) is 4.77 Å². The van der Waals surface area contributed by atoms with Gasteiger partial charge in [-0.2, -0.15) is 0 Å². The van der Waals surface area contributed by atoms with Gasteiger partial charge in [-0.15, -0.1) is 0 Å². The number of carbonyl (C=O) groups is 1. The Bertz CT molecular complexity index is 715. The fourth-order valence-electron chi connectivity index (χ4n) is 1.67. The molecule has 0 spiro atoms. The number of nitrogens with zero attached hydrogens (tertiary/aromatic N) is 1. The van der Waals surface area contributed by atoms with Crippen molar-refractivity contribution in [2.45, 2.75) is 13.5 Å². The number of hydrogen-bond acceptors (Lipinski definition) is 4. The monoisotopic (exact) mass is 249 g/mol. The van der Waals surface area contributed by atoms with E-state index in [0.717, 1.165) is 0 Å². The summed E-state index contributed by atoms with van der Waals surface area (Å²) < 4.78 is 1.69. The van der Waals surface area contributed by atoms with Crippen LogP contribution in [-0.4, -0.2) is 15.5 Å². The van der Waals surface area contributed by atoms with Gasteiger partial charge in [-0.25, -0.2) is 0 Å². The molecule has 0 fully saturated rings. The number of fused-ring (bicyclic) bond motifs is 1. The van der Waals surface area contributed by atoms with Gasteiger partial charge in [0.25, 0.3) is 5.56 Å². The zero-order valence-electron chi connectivity index (χ0n) is 9.02. The fourth-order valence-corrected chi connectivity index (χ4v) is 1.99. The van der Waals surface area contributed by atoms with E-state index in [9.17, 15) is 14.7 Å². The number of nitrogens with one attached hydrogen (secondary N) is 1. The zero-order valence-corrected chi connectivity index (χ0v) is 9.84. The van der Waals surface area contributed by atoms with Crippen LogP contribution >= 0.6 is 12.2 Å². The predicted molar refractivity (Wildman–Crippen MR) is 63.4 cm³/mol. The Hall–Kier alpha value is -1.95. The summed E-state index contributed by atoms with van der Waals surface area (Å²) in [5.74, 6) is -1.29. The number of benzene rings is 1. The summed E-state index contributed by atoms with van der Waals surface area (Å²) in [4.78, 5) is 25.5. The second-order valence-corrected chi connectivity index (χ2v) is 3.91. The lowest BCUT2D eigenvalue weighted by Gasteiger charge is -2.07. The second kappa shape index (κ2) is 4.14. The van der Waals surface area contributed by atoms with Crippen LogP contribution in [0.25, 0.3) is 10.9 Å². The van der Waals surface area contributed by atoms with Crippen molar-refractivity contribution >= 4 is 29.1 Å². The number of hydrogen-bond donors (Lipinski definition) is 1. The van der Waals surface area contributed by atoms with E-state index >= 15 is 0 Å². The Kier molecular flexibility index (Phi) is 2.81. The lowest BCUT2D eigenvalue weighted by atomic mass is 10.1. The number of aromatic nitrogens is 2. The zero-order chi connectivity index (χ0) is 12.6. The van der Waals surface area contributed by atoms with Gasteiger partial charge in [-0.05, 0) is 36.8 Å². The van der Waals surface area contributed by atoms with Crippen LogP contribution in [0.3, 0.4) is 0 Å². The number of aromatic amines is 1. The quantitative estimate of drug-likeness (QED) is 0.783. The molecule has 1 N–H and O–H groups in total. The molecule has 0 aliphatic heterocycles. The van der Waals surface area contributed by atoms with E-state index in [4.69, 9.17) is 12.2 Å². The average molecular weight is 249 g/mol. The summed E-state index contributed by atoms with van der Waals surface area (Å²) in [5, 5.41) is 11.1. The molecule has 2 aromatic rings. The van der Waals surface area contributed by atoms with E-state index in [1.807, 2.05) is 6.92 Å². The highest BCUT2D eigenvalue weighted by Gasteiger charge is 2.05. The van der Waals surface area contributed by atoms with Crippen molar-refractivity contribution in [2.24, 2.45) is 0 Å². The molecule has 0 aliphatic rings. The van der Waals surface area contributed by atoms with Crippen LogP contribution in [-0.2, 0) is 6.54 Å². The van der Waals surface area contributed by atoms with Gasteiger partial charge in [0.05, 0.1) is 16.9 Å². The summed E-state index contributed by atoms with van der Waals surface area (Å²) in [5.41, 5.74) is 0.194. The van der Waals surface area contributed by atoms with E-state index < -0.39 is 5.97 Å². The molecule has 6 heteroatoms. The van der Waals surface area contributed by atoms with Gasteiger partial charge in [-0.3, -0.25) is 9.36 Å². The van der Waals surface area contributed by atoms with Crippen molar-refractivity contribution in [3.63, 3.8) is 0 Å². The topological polar surface area (TPSA) is 77.9 Å². The molecule has 0 saturated carbocycles. The van der Waals surface area contributed by atoms with Gasteiger partial charge in [0.1, 0.15) is 0 Å². The third kappa shape index (κ3) is 1.87. The molecule has 1 aromatic carbocycles. The Morgan fingerprint density at radius 2 is 2.24 bits per heavy atom. The van der Waals surface area contributed by atoms with Crippen molar-refractivity contribution in [1.82, 2.24) is 9.55 Å². The molecule has 88 valence electrons. The number of carboxylic acids is 1. The number of rotatable bonds is 2. The predicted octanol–water partition coefficient (Wildman–Crippen LogP) is 0.442. The largest absolute Gasteiger partial charge is 0.545 e. The average Bonchev–Trinajstić information content (AvgIpc) is 2.28. The van der Waals surface area contributed by atoms with Gasteiger partial charge in [0.2, 0.25) is 0 Å². The minimum Gasteiger partial charge on any atom is -0.545 e. The molecule has 1 aromatic heterocycles. The van der Waals surface area contributed by atoms with Crippen LogP contribution in [0.15, 0.2) is 23.0 Å². The number of carbonyl (C=O) groups excluding carboxylic acids is 1. The van der Waals surface area contributed by atoms with Gasteiger partial charge >= 0.3 is 0 Å². The molecule has 0 amide bonds. The summed E-state index contributed by atoms with van der Waals surface area (Å²) in [6, 6.07) is 4.15. The smallest absolute Gasteiger partial charge is 0.262 e. The summed E-state index contributed by atoms with van der Waals surface area (Å²) in [7, 11) is 0. The van der Waals surface area contributed by atoms with Crippen LogP contribution < -0.4 is 10.7 Å². The Morgan fingerprint density at radius 1 is 1.53 bits per heavy atom. The third-order valence-electron chi connectivity index (χ3n) is 2.53. The molecule has 5 nitrogen and oxygen atoms in total. The minimum absolute atomic E-state index is 0.0109. The third-order valence-corrected chi connectivity index (χ3v) is 2.86. The first-order valence-electron chi connectivity index (χ1n) is 5.03. The van der Waals surface area contributed by atoms with Crippen molar-refractivity contribution in [1.29, 1.82) is 0 Å². The first-order chi connectivity index (χ1) is 8.04. The van der Waals surface area contributed by atoms with Crippen LogP contribution in [0.1, 0.15) is 17.3 Å². The molecular weight excluding hydrogens is 240 g/mol. The van der Waals surface area contributed by atoms with Crippen LogP contribution in [0, 0.1) is 4.77 Å². The standard InChI is InChI=1S/C11H10N2O3S/c1-2-13-9(14)7-4-3-6(10(15)16)5-8(7)12-11(13)17/h3-5H,2H2,1H3,(H,12,17)(H,15,16)/p-1. The molecular formula is C11H9N2O3S-. The highest BCUT2D eigenvalue weighted by molar-refractivity contribution is 7.71. The molecule has 17 heavy (non-hydrogen) atoms. The first-order valence-corrected chi connectivity index (χ1v) is 5.43. The Labute approximate surface area is 101 Å². The Morgan fingerprint density at radius 3 is 2.82 bits per heavy atom. The van der Waals surface area contributed by atoms with E-state index in [-0.39, 0.29) is 15.9 Å². The normalized spacial score (nSPS) is 10.6. The van der Waals surface area contributed by atoms with Gasteiger partial charge in [-0.1, -0.05) is 6.07 Å². The molecule has 1 heterocycles. The first kappa shape index (κ1) is 11.5. The number of carboxylic acid groups (broad SMARTS) is 1. The van der Waals surface area contributed by atoms with E-state index in [0.29, 0.717) is 17.4 Å². The SMILES string of the molecule is CCn1c(=S)[nH]c2cc(C(=O)[O-])ccc2c1=O. The second-order valence-electron chi connectivity index (χ2n) is 3.53. The van der Waals surface area contributed by atoms with Crippen molar-refractivity contribution in [3.8, 4) is 0 Å². The van der Waals surface area contributed by atoms with Crippen molar-refractivity contribution in [3.05, 3.63) is 38.9 Å². The maximum Gasteiger partial charge on any atom is 0.262 e. The molecule has 0 radical (unpaired) electrons. The van der Waals surface area contributed by atoms with Gasteiger partial charge in [0, 0.05) is 6.54 Å². The van der Waals surface area contributed by atoms with E-state index in [1.165, 1.54) is 22.8 Å². The van der Waals surface area contributed by atoms with Crippen LogP contribution in [0.5, 0.6) is 0 Å². The molecule has 0 bridgehead atoms. The lowest BCUT2D eigenvalue weighted by Crippen LogP contribution is -2.24.